The van der Waals surface area contributed by atoms with Gasteiger partial charge in [0.1, 0.15) is 0 Å². The van der Waals surface area contributed by atoms with Gasteiger partial charge in [0.25, 0.3) is 0 Å². The third kappa shape index (κ3) is 2.70. The summed E-state index contributed by atoms with van der Waals surface area (Å²) in [7, 11) is 0. The lowest BCUT2D eigenvalue weighted by molar-refractivity contribution is -0.385. The van der Waals surface area contributed by atoms with Crippen molar-refractivity contribution in [1.82, 2.24) is 4.98 Å². The average molecular weight is 251 g/mol. The monoisotopic (exact) mass is 250 g/mol. The molecule has 0 spiro atoms. The topological polar surface area (TPSA) is 65.3 Å². The van der Waals surface area contributed by atoms with E-state index in [0.717, 1.165) is 0 Å². The second-order valence-corrected chi connectivity index (χ2v) is 3.58. The number of nitro groups is 1. The van der Waals surface area contributed by atoms with E-state index in [9.17, 15) is 10.1 Å². The molecule has 2 aromatic rings. The summed E-state index contributed by atoms with van der Waals surface area (Å²) < 4.78 is 5.31. The molecule has 1 heterocycles. The minimum Gasteiger partial charge on any atom is -0.432 e. The van der Waals surface area contributed by atoms with Crippen LogP contribution in [-0.4, -0.2) is 9.91 Å². The Morgan fingerprint density at radius 3 is 2.65 bits per heavy atom. The molecule has 86 valence electrons. The first-order valence-corrected chi connectivity index (χ1v) is 5.07. The van der Waals surface area contributed by atoms with E-state index in [1.165, 1.54) is 18.3 Å². The van der Waals surface area contributed by atoms with E-state index in [4.69, 9.17) is 16.3 Å². The Labute approximate surface area is 102 Å². The van der Waals surface area contributed by atoms with Crippen LogP contribution in [-0.2, 0) is 0 Å². The standard InChI is InChI=1S/C11H7ClN2O3/c12-8-5-6-11(13-7-8)17-10-4-2-1-3-9(10)14(15)16/h1-7H. The van der Waals surface area contributed by atoms with E-state index < -0.39 is 4.92 Å². The van der Waals surface area contributed by atoms with Crippen LogP contribution in [0.3, 0.4) is 0 Å². The Balaban J connectivity index is 2.30. The zero-order valence-electron chi connectivity index (χ0n) is 8.54. The number of benzene rings is 1. The molecule has 0 aliphatic heterocycles. The van der Waals surface area contributed by atoms with Gasteiger partial charge in [0.05, 0.1) is 9.95 Å². The number of aromatic nitrogens is 1. The summed E-state index contributed by atoms with van der Waals surface area (Å²) in [4.78, 5) is 14.1. The van der Waals surface area contributed by atoms with Gasteiger partial charge in [-0.25, -0.2) is 4.98 Å². The van der Waals surface area contributed by atoms with E-state index in [0.29, 0.717) is 5.02 Å². The number of hydrogen-bond acceptors (Lipinski definition) is 4. The molecule has 0 atom stereocenters. The summed E-state index contributed by atoms with van der Waals surface area (Å²) in [5.41, 5.74) is -0.107. The minimum absolute atomic E-state index is 0.107. The van der Waals surface area contributed by atoms with Gasteiger partial charge in [-0.15, -0.1) is 0 Å². The molecule has 0 radical (unpaired) electrons. The Kier molecular flexibility index (Phi) is 3.20. The minimum atomic E-state index is -0.509. The van der Waals surface area contributed by atoms with Crippen molar-refractivity contribution < 1.29 is 9.66 Å². The largest absolute Gasteiger partial charge is 0.432 e. The van der Waals surface area contributed by atoms with Crippen molar-refractivity contribution in [2.75, 3.05) is 0 Å². The number of pyridine rings is 1. The van der Waals surface area contributed by atoms with Crippen LogP contribution >= 0.6 is 11.6 Å². The van der Waals surface area contributed by atoms with Crippen molar-refractivity contribution in [3.8, 4) is 11.6 Å². The van der Waals surface area contributed by atoms with Crippen LogP contribution in [0.4, 0.5) is 5.69 Å². The molecule has 0 amide bonds. The molecule has 17 heavy (non-hydrogen) atoms. The second-order valence-electron chi connectivity index (χ2n) is 3.14. The van der Waals surface area contributed by atoms with Gasteiger partial charge < -0.3 is 4.74 Å². The van der Waals surface area contributed by atoms with Crippen molar-refractivity contribution in [1.29, 1.82) is 0 Å². The lowest BCUT2D eigenvalue weighted by Crippen LogP contribution is -1.93. The highest BCUT2D eigenvalue weighted by Crippen LogP contribution is 2.29. The van der Waals surface area contributed by atoms with Gasteiger partial charge in [0.2, 0.25) is 11.6 Å². The van der Waals surface area contributed by atoms with Crippen molar-refractivity contribution >= 4 is 17.3 Å². The van der Waals surface area contributed by atoms with Crippen LogP contribution in [0.15, 0.2) is 42.6 Å². The predicted octanol–water partition coefficient (Wildman–Crippen LogP) is 3.44. The van der Waals surface area contributed by atoms with Gasteiger partial charge in [0, 0.05) is 18.3 Å². The Bertz CT molecular complexity index is 543. The van der Waals surface area contributed by atoms with Crippen molar-refractivity contribution in [3.05, 3.63) is 57.7 Å². The first-order valence-electron chi connectivity index (χ1n) is 4.69. The third-order valence-corrected chi connectivity index (χ3v) is 2.20. The lowest BCUT2D eigenvalue weighted by Gasteiger charge is -2.04. The number of nitro benzene ring substituents is 1. The van der Waals surface area contributed by atoms with Crippen LogP contribution in [0.25, 0.3) is 0 Å². The number of para-hydroxylation sites is 2. The highest BCUT2D eigenvalue weighted by atomic mass is 35.5. The average Bonchev–Trinajstić information content (AvgIpc) is 2.32. The highest BCUT2D eigenvalue weighted by Gasteiger charge is 2.14. The van der Waals surface area contributed by atoms with E-state index in [1.54, 1.807) is 24.3 Å². The Hall–Kier alpha value is -2.14. The van der Waals surface area contributed by atoms with Crippen molar-refractivity contribution in [3.63, 3.8) is 0 Å². The number of rotatable bonds is 3. The van der Waals surface area contributed by atoms with E-state index in [1.807, 2.05) is 0 Å². The molecule has 0 bridgehead atoms. The molecular weight excluding hydrogens is 244 g/mol. The molecule has 0 aliphatic carbocycles. The van der Waals surface area contributed by atoms with Crippen LogP contribution in [0.5, 0.6) is 11.6 Å². The molecule has 0 unspecified atom stereocenters. The van der Waals surface area contributed by atoms with E-state index >= 15 is 0 Å². The number of halogens is 1. The molecule has 5 nitrogen and oxygen atoms in total. The van der Waals surface area contributed by atoms with Crippen molar-refractivity contribution in [2.24, 2.45) is 0 Å². The zero-order chi connectivity index (χ0) is 12.3. The van der Waals surface area contributed by atoms with E-state index in [-0.39, 0.29) is 17.3 Å². The maximum Gasteiger partial charge on any atom is 0.311 e. The molecule has 6 heteroatoms. The van der Waals surface area contributed by atoms with E-state index in [2.05, 4.69) is 4.98 Å². The smallest absolute Gasteiger partial charge is 0.311 e. The highest BCUT2D eigenvalue weighted by molar-refractivity contribution is 6.30. The fraction of sp³-hybridized carbons (Fsp3) is 0. The van der Waals surface area contributed by atoms with Gasteiger partial charge in [0.15, 0.2) is 0 Å². The SMILES string of the molecule is O=[N+]([O-])c1ccccc1Oc1ccc(Cl)cn1. The summed E-state index contributed by atoms with van der Waals surface area (Å²) in [6, 6.07) is 9.23. The van der Waals surface area contributed by atoms with Crippen LogP contribution in [0.2, 0.25) is 5.02 Å². The summed E-state index contributed by atoms with van der Waals surface area (Å²) in [5, 5.41) is 11.2. The van der Waals surface area contributed by atoms with Crippen molar-refractivity contribution in [2.45, 2.75) is 0 Å². The first-order chi connectivity index (χ1) is 8.16. The van der Waals surface area contributed by atoms with Gasteiger partial charge in [-0.05, 0) is 12.1 Å². The third-order valence-electron chi connectivity index (χ3n) is 1.98. The molecular formula is C11H7ClN2O3. The molecule has 2 rings (SSSR count). The van der Waals surface area contributed by atoms with Crippen LogP contribution in [0, 0.1) is 10.1 Å². The zero-order valence-corrected chi connectivity index (χ0v) is 9.29. The predicted molar refractivity (Wildman–Crippen MR) is 62.4 cm³/mol. The molecule has 0 aliphatic rings. The summed E-state index contributed by atoms with van der Waals surface area (Å²) in [5.74, 6) is 0.399. The number of ether oxygens (including phenoxy) is 1. The van der Waals surface area contributed by atoms with Gasteiger partial charge in [-0.2, -0.15) is 0 Å². The normalized spacial score (nSPS) is 9.94. The summed E-state index contributed by atoms with van der Waals surface area (Å²) >= 11 is 5.67. The Morgan fingerprint density at radius 2 is 2.00 bits per heavy atom. The maximum absolute atomic E-state index is 10.8. The molecule has 1 aromatic heterocycles. The summed E-state index contributed by atoms with van der Waals surface area (Å²) in [6.45, 7) is 0. The first kappa shape index (κ1) is 11.3. The fourth-order valence-corrected chi connectivity index (χ4v) is 1.34. The molecule has 0 saturated heterocycles. The Morgan fingerprint density at radius 1 is 1.24 bits per heavy atom. The second kappa shape index (κ2) is 4.80. The fourth-order valence-electron chi connectivity index (χ4n) is 1.23. The number of nitrogens with zero attached hydrogens (tertiary/aromatic N) is 2. The molecule has 0 N–H and O–H groups in total. The lowest BCUT2D eigenvalue weighted by atomic mass is 10.3. The molecule has 1 aromatic carbocycles. The molecule has 0 saturated carbocycles. The van der Waals surface area contributed by atoms with Crippen LogP contribution < -0.4 is 4.74 Å². The van der Waals surface area contributed by atoms with Gasteiger partial charge >= 0.3 is 5.69 Å². The van der Waals surface area contributed by atoms with Crippen LogP contribution in [0.1, 0.15) is 0 Å². The van der Waals surface area contributed by atoms with Gasteiger partial charge in [-0.3, -0.25) is 10.1 Å². The quantitative estimate of drug-likeness (QED) is 0.618. The summed E-state index contributed by atoms with van der Waals surface area (Å²) in [6.07, 6.45) is 1.41. The maximum atomic E-state index is 10.8. The number of hydrogen-bond donors (Lipinski definition) is 0. The molecule has 0 fully saturated rings. The van der Waals surface area contributed by atoms with Gasteiger partial charge in [-0.1, -0.05) is 23.7 Å².